The number of anilines is 2. The third-order valence-corrected chi connectivity index (χ3v) is 7.05. The van der Waals surface area contributed by atoms with Crippen molar-refractivity contribution in [2.24, 2.45) is 5.92 Å². The van der Waals surface area contributed by atoms with Gasteiger partial charge in [-0.25, -0.2) is 0 Å². The molecular weight excluding hydrogens is 519 g/mol. The molecule has 0 saturated heterocycles. The Morgan fingerprint density at radius 3 is 2.20 bits per heavy atom. The van der Waals surface area contributed by atoms with Crippen LogP contribution >= 0.6 is 0 Å². The van der Waals surface area contributed by atoms with Crippen molar-refractivity contribution in [3.05, 3.63) is 106 Å². The molecule has 3 aromatic carbocycles. The third-order valence-electron chi connectivity index (χ3n) is 7.05. The molecule has 1 heterocycles. The molecule has 2 unspecified atom stereocenters. The Hall–Kier alpha value is -4.71. The molecule has 204 valence electrons. The monoisotopic (exact) mass is 545 g/mol. The summed E-state index contributed by atoms with van der Waals surface area (Å²) in [6.45, 7) is 4.63. The van der Waals surface area contributed by atoms with Crippen LogP contribution in [0.4, 0.5) is 24.5 Å². The topological polar surface area (TPSA) is 81.5 Å². The zero-order valence-electron chi connectivity index (χ0n) is 22.3. The van der Waals surface area contributed by atoms with E-state index in [4.69, 9.17) is 0 Å². The maximum Gasteiger partial charge on any atom is 0.416 e. The van der Waals surface area contributed by atoms with Crippen LogP contribution < -0.4 is 9.80 Å². The summed E-state index contributed by atoms with van der Waals surface area (Å²) in [5.41, 5.74) is 1.37. The molecule has 0 bridgehead atoms. The van der Waals surface area contributed by atoms with Crippen LogP contribution in [0.25, 0.3) is 0 Å². The average molecular weight is 546 g/mol. The predicted molar refractivity (Wildman–Crippen MR) is 144 cm³/mol. The molecule has 3 aromatic rings. The zero-order valence-corrected chi connectivity index (χ0v) is 22.3. The van der Waals surface area contributed by atoms with Crippen molar-refractivity contribution in [2.45, 2.75) is 32.9 Å². The molecule has 9 heteroatoms. The van der Waals surface area contributed by atoms with Gasteiger partial charge in [-0.2, -0.15) is 18.4 Å². The summed E-state index contributed by atoms with van der Waals surface area (Å²) in [4.78, 5) is 43.8. The first-order valence-corrected chi connectivity index (χ1v) is 12.4. The van der Waals surface area contributed by atoms with Gasteiger partial charge in [0, 0.05) is 35.6 Å². The molecule has 1 aliphatic rings. The van der Waals surface area contributed by atoms with Crippen LogP contribution in [0.15, 0.2) is 84.1 Å². The Morgan fingerprint density at radius 1 is 0.975 bits per heavy atom. The standard InChI is InChI=1S/C31H26F3N3O3/c1-18-7-5-9-24(15-18)36(4)29(39)28-27(22-13-11-21(17-35)12-14-22)26(20(3)38)19(2)37(30(28)40)25-10-6-8-23(16-25)31(32,33)34/h5-16,27-28H,1-4H3. The van der Waals surface area contributed by atoms with Gasteiger partial charge in [0.1, 0.15) is 5.92 Å². The number of carbonyl (C=O) groups excluding carboxylic acids is 3. The molecule has 2 atom stereocenters. The second-order valence-electron chi connectivity index (χ2n) is 9.70. The summed E-state index contributed by atoms with van der Waals surface area (Å²) in [5.74, 6) is -4.34. The minimum atomic E-state index is -4.67. The molecule has 6 nitrogen and oxygen atoms in total. The fourth-order valence-electron chi connectivity index (χ4n) is 5.12. The zero-order chi connectivity index (χ0) is 29.4. The summed E-state index contributed by atoms with van der Waals surface area (Å²) >= 11 is 0. The van der Waals surface area contributed by atoms with Gasteiger partial charge in [-0.1, -0.05) is 30.3 Å². The Balaban J connectivity index is 1.96. The van der Waals surface area contributed by atoms with E-state index in [-0.39, 0.29) is 17.0 Å². The second-order valence-corrected chi connectivity index (χ2v) is 9.70. The van der Waals surface area contributed by atoms with E-state index in [1.807, 2.05) is 19.1 Å². The summed E-state index contributed by atoms with van der Waals surface area (Å²) in [5, 5.41) is 9.25. The number of hydrogen-bond acceptors (Lipinski definition) is 4. The fourth-order valence-corrected chi connectivity index (χ4v) is 5.12. The molecule has 0 radical (unpaired) electrons. The van der Waals surface area contributed by atoms with E-state index in [1.165, 1.54) is 50.1 Å². The molecule has 4 rings (SSSR count). The number of ketones is 1. The smallest absolute Gasteiger partial charge is 0.315 e. The number of hydrogen-bond donors (Lipinski definition) is 0. The molecule has 0 aromatic heterocycles. The number of allylic oxidation sites excluding steroid dienone is 2. The fraction of sp³-hybridized carbons (Fsp3) is 0.226. The van der Waals surface area contributed by atoms with Crippen LogP contribution in [-0.2, 0) is 20.6 Å². The lowest BCUT2D eigenvalue weighted by Gasteiger charge is -2.40. The molecule has 0 aliphatic carbocycles. The van der Waals surface area contributed by atoms with Gasteiger partial charge in [0.15, 0.2) is 5.78 Å². The third kappa shape index (κ3) is 5.25. The summed E-state index contributed by atoms with van der Waals surface area (Å²) in [6, 6.07) is 19.5. The lowest BCUT2D eigenvalue weighted by molar-refractivity contribution is -0.138. The van der Waals surface area contributed by atoms with E-state index in [2.05, 4.69) is 0 Å². The van der Waals surface area contributed by atoms with E-state index < -0.39 is 41.2 Å². The molecule has 1 aliphatic heterocycles. The number of halogens is 3. The van der Waals surface area contributed by atoms with Gasteiger partial charge in [0.2, 0.25) is 11.8 Å². The summed E-state index contributed by atoms with van der Waals surface area (Å²) < 4.78 is 40.7. The van der Waals surface area contributed by atoms with E-state index in [0.717, 1.165) is 22.6 Å². The van der Waals surface area contributed by atoms with Crippen molar-refractivity contribution in [3.63, 3.8) is 0 Å². The molecule has 0 N–H and O–H groups in total. The number of aryl methyl sites for hydroxylation is 1. The Kier molecular flexibility index (Phi) is 7.65. The molecule has 2 amide bonds. The highest BCUT2D eigenvalue weighted by Crippen LogP contribution is 2.44. The lowest BCUT2D eigenvalue weighted by atomic mass is 9.74. The van der Waals surface area contributed by atoms with Crippen LogP contribution in [0.1, 0.15) is 42.0 Å². The minimum Gasteiger partial charge on any atom is -0.315 e. The molecule has 0 fully saturated rings. The van der Waals surface area contributed by atoms with Gasteiger partial charge in [-0.3, -0.25) is 19.3 Å². The first-order chi connectivity index (χ1) is 18.8. The van der Waals surface area contributed by atoms with Crippen LogP contribution in [0.5, 0.6) is 0 Å². The van der Waals surface area contributed by atoms with Crippen molar-refractivity contribution in [2.75, 3.05) is 16.8 Å². The number of nitriles is 1. The highest BCUT2D eigenvalue weighted by atomic mass is 19.4. The number of alkyl halides is 3. The largest absolute Gasteiger partial charge is 0.416 e. The van der Waals surface area contributed by atoms with Crippen molar-refractivity contribution < 1.29 is 27.6 Å². The number of amides is 2. The minimum absolute atomic E-state index is 0.106. The highest BCUT2D eigenvalue weighted by molar-refractivity contribution is 6.18. The molecule has 0 spiro atoms. The van der Waals surface area contributed by atoms with Crippen LogP contribution in [0.3, 0.4) is 0 Å². The molecular formula is C31H26F3N3O3. The Bertz CT molecular complexity index is 1570. The van der Waals surface area contributed by atoms with Gasteiger partial charge in [0.05, 0.1) is 17.2 Å². The maximum atomic E-state index is 14.2. The number of rotatable bonds is 5. The number of nitrogens with zero attached hydrogens (tertiary/aromatic N) is 3. The SMILES string of the molecule is CC(=O)C1=C(C)N(c2cccc(C(F)(F)F)c2)C(=O)C(C(=O)N(C)c2cccc(C)c2)C1c1ccc(C#N)cc1. The summed E-state index contributed by atoms with van der Waals surface area (Å²) in [6.07, 6.45) is -4.67. The van der Waals surface area contributed by atoms with Gasteiger partial charge in [-0.15, -0.1) is 0 Å². The van der Waals surface area contributed by atoms with Gasteiger partial charge < -0.3 is 4.90 Å². The maximum absolute atomic E-state index is 14.2. The summed E-state index contributed by atoms with van der Waals surface area (Å²) in [7, 11) is 1.51. The van der Waals surface area contributed by atoms with Crippen molar-refractivity contribution in [3.8, 4) is 6.07 Å². The van der Waals surface area contributed by atoms with E-state index in [1.54, 1.807) is 30.3 Å². The molecule has 0 saturated carbocycles. The van der Waals surface area contributed by atoms with Gasteiger partial charge in [-0.05, 0) is 74.4 Å². The quantitative estimate of drug-likeness (QED) is 0.360. The number of carbonyl (C=O) groups is 3. The van der Waals surface area contributed by atoms with Crippen LogP contribution in [0.2, 0.25) is 0 Å². The highest BCUT2D eigenvalue weighted by Gasteiger charge is 2.48. The first kappa shape index (κ1) is 28.3. The predicted octanol–water partition coefficient (Wildman–Crippen LogP) is 6.16. The van der Waals surface area contributed by atoms with Crippen LogP contribution in [0, 0.1) is 24.2 Å². The van der Waals surface area contributed by atoms with E-state index >= 15 is 0 Å². The van der Waals surface area contributed by atoms with Gasteiger partial charge in [0.25, 0.3) is 0 Å². The Morgan fingerprint density at radius 2 is 1.62 bits per heavy atom. The van der Waals surface area contributed by atoms with Crippen LogP contribution in [-0.4, -0.2) is 24.6 Å². The van der Waals surface area contributed by atoms with E-state index in [0.29, 0.717) is 16.8 Å². The average Bonchev–Trinajstić information content (AvgIpc) is 2.91. The second kappa shape index (κ2) is 10.8. The van der Waals surface area contributed by atoms with Gasteiger partial charge >= 0.3 is 6.18 Å². The normalized spacial score (nSPS) is 17.4. The molecule has 40 heavy (non-hydrogen) atoms. The van der Waals surface area contributed by atoms with Crippen molar-refractivity contribution >= 4 is 29.0 Å². The lowest BCUT2D eigenvalue weighted by Crippen LogP contribution is -2.51. The van der Waals surface area contributed by atoms with Crippen molar-refractivity contribution in [1.29, 1.82) is 5.26 Å². The van der Waals surface area contributed by atoms with Crippen molar-refractivity contribution in [1.82, 2.24) is 0 Å². The first-order valence-electron chi connectivity index (χ1n) is 12.4. The number of benzene rings is 3. The Labute approximate surface area is 229 Å². The number of Topliss-reactive ketones (excluding diaryl/α,β-unsaturated/α-hetero) is 1. The van der Waals surface area contributed by atoms with E-state index in [9.17, 15) is 32.8 Å².